The molecule has 1 N–H and O–H groups in total. The number of morpholine rings is 1. The maximum atomic E-state index is 11.8. The fourth-order valence-corrected chi connectivity index (χ4v) is 2.30. The number of hydrogen-bond acceptors (Lipinski definition) is 5. The van der Waals surface area contributed by atoms with Crippen LogP contribution in [0.25, 0.3) is 0 Å². The molecule has 1 saturated heterocycles. The summed E-state index contributed by atoms with van der Waals surface area (Å²) in [5.74, 6) is -0.178. The van der Waals surface area contributed by atoms with Crippen LogP contribution in [-0.4, -0.2) is 59.2 Å². The highest BCUT2D eigenvalue weighted by Gasteiger charge is 2.21. The van der Waals surface area contributed by atoms with Crippen LogP contribution >= 0.6 is 0 Å². The van der Waals surface area contributed by atoms with Crippen molar-refractivity contribution in [1.29, 1.82) is 0 Å². The summed E-state index contributed by atoms with van der Waals surface area (Å²) >= 11 is 0. The van der Waals surface area contributed by atoms with Gasteiger partial charge in [-0.2, -0.15) is 0 Å². The van der Waals surface area contributed by atoms with Gasteiger partial charge in [0.05, 0.1) is 18.4 Å². The first kappa shape index (κ1) is 13.9. The maximum Gasteiger partial charge on any atom is 0.271 e. The van der Waals surface area contributed by atoms with E-state index in [1.807, 2.05) is 0 Å². The lowest BCUT2D eigenvalue weighted by Gasteiger charge is -2.35. The predicted octanol–water partition coefficient (Wildman–Crippen LogP) is 0.316. The fourth-order valence-electron chi connectivity index (χ4n) is 2.30. The number of amides is 1. The maximum absolute atomic E-state index is 11.8. The van der Waals surface area contributed by atoms with Gasteiger partial charge in [-0.15, -0.1) is 0 Å². The summed E-state index contributed by atoms with van der Waals surface area (Å²) in [4.78, 5) is 21.9. The van der Waals surface area contributed by atoms with Gasteiger partial charge in [0.2, 0.25) is 0 Å². The minimum atomic E-state index is -0.178. The number of nitrogens with one attached hydrogen (secondary N) is 1. The summed E-state index contributed by atoms with van der Waals surface area (Å²) in [5, 5.41) is 2.85. The smallest absolute Gasteiger partial charge is 0.271 e. The SMILES string of the molecule is C[C@@H]1CN(CCNC(=O)c2cnccn2)C[C@H](C)O1. The van der Waals surface area contributed by atoms with Gasteiger partial charge in [-0.05, 0) is 13.8 Å². The van der Waals surface area contributed by atoms with E-state index in [0.717, 1.165) is 19.6 Å². The van der Waals surface area contributed by atoms with Crippen LogP contribution in [0.1, 0.15) is 24.3 Å². The first-order chi connectivity index (χ1) is 9.15. The van der Waals surface area contributed by atoms with Crippen LogP contribution in [0, 0.1) is 0 Å². The second kappa shape index (κ2) is 6.58. The standard InChI is InChI=1S/C13H20N4O2/c1-10-8-17(9-11(2)19-10)6-5-16-13(18)12-7-14-3-4-15-12/h3-4,7,10-11H,5-6,8-9H2,1-2H3,(H,16,18)/t10-,11+. The van der Waals surface area contributed by atoms with Gasteiger partial charge in [0.1, 0.15) is 5.69 Å². The molecule has 1 amide bonds. The Labute approximate surface area is 113 Å². The van der Waals surface area contributed by atoms with E-state index in [1.54, 1.807) is 6.20 Å². The average Bonchev–Trinajstić information content (AvgIpc) is 2.38. The Morgan fingerprint density at radius 2 is 2.16 bits per heavy atom. The fraction of sp³-hybridized carbons (Fsp3) is 0.615. The molecule has 0 spiro atoms. The molecule has 104 valence electrons. The molecule has 0 aliphatic carbocycles. The zero-order valence-corrected chi connectivity index (χ0v) is 11.4. The van der Waals surface area contributed by atoms with E-state index in [0.29, 0.717) is 12.2 Å². The van der Waals surface area contributed by atoms with Crippen LogP contribution in [0.2, 0.25) is 0 Å². The van der Waals surface area contributed by atoms with E-state index in [-0.39, 0.29) is 18.1 Å². The highest BCUT2D eigenvalue weighted by atomic mass is 16.5. The van der Waals surface area contributed by atoms with Crippen LogP contribution < -0.4 is 5.32 Å². The van der Waals surface area contributed by atoms with Crippen molar-refractivity contribution in [2.45, 2.75) is 26.1 Å². The third-order valence-electron chi connectivity index (χ3n) is 3.00. The molecule has 1 aliphatic heterocycles. The molecule has 6 nitrogen and oxygen atoms in total. The molecule has 6 heteroatoms. The summed E-state index contributed by atoms with van der Waals surface area (Å²) in [6.45, 7) is 7.39. The summed E-state index contributed by atoms with van der Waals surface area (Å²) in [6, 6.07) is 0. The van der Waals surface area contributed by atoms with Crippen LogP contribution in [0.3, 0.4) is 0 Å². The first-order valence-electron chi connectivity index (χ1n) is 6.57. The number of carbonyl (C=O) groups is 1. The third kappa shape index (κ3) is 4.25. The normalized spacial score (nSPS) is 24.1. The molecular formula is C13H20N4O2. The topological polar surface area (TPSA) is 67.4 Å². The van der Waals surface area contributed by atoms with Crippen molar-refractivity contribution in [3.8, 4) is 0 Å². The van der Waals surface area contributed by atoms with Gasteiger partial charge >= 0.3 is 0 Å². The van der Waals surface area contributed by atoms with Crippen LogP contribution in [0.4, 0.5) is 0 Å². The second-order valence-corrected chi connectivity index (χ2v) is 4.86. The molecule has 0 radical (unpaired) electrons. The lowest BCUT2D eigenvalue weighted by molar-refractivity contribution is -0.0672. The summed E-state index contributed by atoms with van der Waals surface area (Å²) in [6.07, 6.45) is 5.03. The quantitative estimate of drug-likeness (QED) is 0.848. The zero-order chi connectivity index (χ0) is 13.7. The van der Waals surface area contributed by atoms with Crippen molar-refractivity contribution in [3.63, 3.8) is 0 Å². The van der Waals surface area contributed by atoms with E-state index in [2.05, 4.69) is 34.0 Å². The van der Waals surface area contributed by atoms with E-state index in [4.69, 9.17) is 4.74 Å². The number of nitrogens with zero attached hydrogens (tertiary/aromatic N) is 3. The van der Waals surface area contributed by atoms with Crippen LogP contribution in [-0.2, 0) is 4.74 Å². The summed E-state index contributed by atoms with van der Waals surface area (Å²) in [5.41, 5.74) is 0.353. The highest BCUT2D eigenvalue weighted by molar-refractivity contribution is 5.91. The van der Waals surface area contributed by atoms with Crippen molar-refractivity contribution in [3.05, 3.63) is 24.3 Å². The monoisotopic (exact) mass is 264 g/mol. The van der Waals surface area contributed by atoms with Crippen molar-refractivity contribution in [2.75, 3.05) is 26.2 Å². The summed E-state index contributed by atoms with van der Waals surface area (Å²) in [7, 11) is 0. The van der Waals surface area contributed by atoms with Crippen molar-refractivity contribution in [2.24, 2.45) is 0 Å². The van der Waals surface area contributed by atoms with Gasteiger partial charge in [-0.1, -0.05) is 0 Å². The Hall–Kier alpha value is -1.53. The van der Waals surface area contributed by atoms with Gasteiger partial charge < -0.3 is 10.1 Å². The summed E-state index contributed by atoms with van der Waals surface area (Å²) < 4.78 is 5.67. The van der Waals surface area contributed by atoms with Crippen molar-refractivity contribution in [1.82, 2.24) is 20.2 Å². The molecule has 2 atom stereocenters. The van der Waals surface area contributed by atoms with Gasteiger partial charge in [0.15, 0.2) is 0 Å². The Kier molecular flexibility index (Phi) is 4.81. The first-order valence-corrected chi connectivity index (χ1v) is 6.57. The van der Waals surface area contributed by atoms with Gasteiger partial charge in [0.25, 0.3) is 5.91 Å². The van der Waals surface area contributed by atoms with E-state index >= 15 is 0 Å². The molecule has 0 saturated carbocycles. The molecule has 1 aromatic rings. The molecule has 0 unspecified atom stereocenters. The van der Waals surface area contributed by atoms with Crippen LogP contribution in [0.5, 0.6) is 0 Å². The van der Waals surface area contributed by atoms with Gasteiger partial charge in [-0.3, -0.25) is 14.7 Å². The van der Waals surface area contributed by atoms with Crippen molar-refractivity contribution < 1.29 is 9.53 Å². The van der Waals surface area contributed by atoms with Gasteiger partial charge in [-0.25, -0.2) is 4.98 Å². The Balaban J connectivity index is 1.73. The largest absolute Gasteiger partial charge is 0.373 e. The second-order valence-electron chi connectivity index (χ2n) is 4.86. The number of aromatic nitrogens is 2. The van der Waals surface area contributed by atoms with E-state index in [1.165, 1.54) is 12.4 Å². The molecule has 0 aromatic carbocycles. The molecule has 2 rings (SSSR count). The van der Waals surface area contributed by atoms with E-state index in [9.17, 15) is 4.79 Å². The predicted molar refractivity (Wildman–Crippen MR) is 70.8 cm³/mol. The molecule has 19 heavy (non-hydrogen) atoms. The number of carbonyl (C=O) groups excluding carboxylic acids is 1. The molecular weight excluding hydrogens is 244 g/mol. The van der Waals surface area contributed by atoms with E-state index < -0.39 is 0 Å². The lowest BCUT2D eigenvalue weighted by Crippen LogP contribution is -2.47. The number of ether oxygens (including phenoxy) is 1. The Morgan fingerprint density at radius 1 is 1.42 bits per heavy atom. The minimum Gasteiger partial charge on any atom is -0.373 e. The molecule has 1 aliphatic rings. The Morgan fingerprint density at radius 3 is 2.79 bits per heavy atom. The molecule has 1 fully saturated rings. The Bertz CT molecular complexity index is 402. The van der Waals surface area contributed by atoms with Crippen LogP contribution in [0.15, 0.2) is 18.6 Å². The minimum absolute atomic E-state index is 0.178. The lowest BCUT2D eigenvalue weighted by atomic mass is 10.2. The van der Waals surface area contributed by atoms with Gasteiger partial charge in [0, 0.05) is 38.6 Å². The molecule has 1 aromatic heterocycles. The molecule has 2 heterocycles. The highest BCUT2D eigenvalue weighted by Crippen LogP contribution is 2.09. The number of hydrogen-bond donors (Lipinski definition) is 1. The molecule has 0 bridgehead atoms. The van der Waals surface area contributed by atoms with Crippen molar-refractivity contribution >= 4 is 5.91 Å². The zero-order valence-electron chi connectivity index (χ0n) is 11.4. The number of rotatable bonds is 4. The average molecular weight is 264 g/mol. The third-order valence-corrected chi connectivity index (χ3v) is 3.00.